The topological polar surface area (TPSA) is 109 Å². The molecular formula is C23H28N4O4. The summed E-state index contributed by atoms with van der Waals surface area (Å²) in [7, 11) is 0. The molecule has 0 aliphatic rings. The number of hydrogen-bond acceptors (Lipinski definition) is 5. The van der Waals surface area contributed by atoms with Crippen molar-refractivity contribution in [2.24, 2.45) is 5.10 Å². The van der Waals surface area contributed by atoms with Gasteiger partial charge in [-0.25, -0.2) is 5.43 Å². The van der Waals surface area contributed by atoms with E-state index in [1.54, 1.807) is 24.3 Å². The average Bonchev–Trinajstić information content (AvgIpc) is 2.73. The normalized spacial score (nSPS) is 10.6. The second kappa shape index (κ2) is 11.5. The van der Waals surface area contributed by atoms with E-state index in [4.69, 9.17) is 4.74 Å². The van der Waals surface area contributed by atoms with Crippen molar-refractivity contribution in [2.45, 2.75) is 34.1 Å². The Kier molecular flexibility index (Phi) is 8.75. The molecule has 8 nitrogen and oxygen atoms in total. The van der Waals surface area contributed by atoms with Crippen molar-refractivity contribution in [3.05, 3.63) is 58.7 Å². The molecule has 0 saturated heterocycles. The number of anilines is 1. The summed E-state index contributed by atoms with van der Waals surface area (Å²) in [4.78, 5) is 35.2. The summed E-state index contributed by atoms with van der Waals surface area (Å²) in [6, 6.07) is 10.8. The van der Waals surface area contributed by atoms with Crippen molar-refractivity contribution in [3.8, 4) is 5.75 Å². The molecule has 0 saturated carbocycles. The number of amides is 3. The fourth-order valence-electron chi connectivity index (χ4n) is 2.89. The lowest BCUT2D eigenvalue weighted by atomic mass is 10.1. The monoisotopic (exact) mass is 424 g/mol. The van der Waals surface area contributed by atoms with Crippen LogP contribution in [0.4, 0.5) is 5.69 Å². The number of benzene rings is 2. The van der Waals surface area contributed by atoms with Crippen molar-refractivity contribution < 1.29 is 19.1 Å². The first-order valence-electron chi connectivity index (χ1n) is 10.0. The van der Waals surface area contributed by atoms with Crippen LogP contribution in [-0.4, -0.2) is 37.1 Å². The van der Waals surface area contributed by atoms with Gasteiger partial charge in [-0.15, -0.1) is 0 Å². The molecule has 3 N–H and O–H groups in total. The molecule has 31 heavy (non-hydrogen) atoms. The van der Waals surface area contributed by atoms with Crippen LogP contribution in [0, 0.1) is 20.8 Å². The summed E-state index contributed by atoms with van der Waals surface area (Å²) in [5.41, 5.74) is 6.81. The number of carbonyl (C=O) groups excluding carboxylic acids is 3. The highest BCUT2D eigenvalue weighted by molar-refractivity contribution is 6.35. The largest absolute Gasteiger partial charge is 0.484 e. The third-order valence-corrected chi connectivity index (χ3v) is 4.31. The van der Waals surface area contributed by atoms with Crippen LogP contribution in [0.2, 0.25) is 0 Å². The first-order valence-corrected chi connectivity index (χ1v) is 10.0. The van der Waals surface area contributed by atoms with E-state index < -0.39 is 11.8 Å². The fraction of sp³-hybridized carbons (Fsp3) is 0.304. The summed E-state index contributed by atoms with van der Waals surface area (Å²) in [6.07, 6.45) is 2.15. The molecule has 0 radical (unpaired) electrons. The van der Waals surface area contributed by atoms with E-state index in [1.807, 2.05) is 39.8 Å². The molecule has 2 aromatic carbocycles. The van der Waals surface area contributed by atoms with Crippen LogP contribution < -0.4 is 20.8 Å². The maximum atomic E-state index is 12.2. The van der Waals surface area contributed by atoms with Crippen LogP contribution in [0.1, 0.15) is 35.6 Å². The number of nitrogens with one attached hydrogen (secondary N) is 3. The Morgan fingerprint density at radius 1 is 1.00 bits per heavy atom. The molecule has 2 aromatic rings. The molecule has 0 unspecified atom stereocenters. The van der Waals surface area contributed by atoms with E-state index in [2.05, 4.69) is 21.2 Å². The zero-order valence-electron chi connectivity index (χ0n) is 18.2. The van der Waals surface area contributed by atoms with Crippen molar-refractivity contribution in [1.82, 2.24) is 10.7 Å². The molecule has 0 atom stereocenters. The molecule has 164 valence electrons. The molecule has 8 heteroatoms. The minimum atomic E-state index is -0.824. The first kappa shape index (κ1) is 23.6. The van der Waals surface area contributed by atoms with Gasteiger partial charge < -0.3 is 15.4 Å². The molecule has 3 amide bonds. The van der Waals surface area contributed by atoms with Gasteiger partial charge in [-0.05, 0) is 68.1 Å². The maximum Gasteiger partial charge on any atom is 0.329 e. The number of carbonyl (C=O) groups is 3. The Bertz CT molecular complexity index is 945. The smallest absolute Gasteiger partial charge is 0.329 e. The lowest BCUT2D eigenvalue weighted by molar-refractivity contribution is -0.139. The van der Waals surface area contributed by atoms with Crippen molar-refractivity contribution in [2.75, 3.05) is 18.5 Å². The van der Waals surface area contributed by atoms with Gasteiger partial charge in [0.15, 0.2) is 6.61 Å². The summed E-state index contributed by atoms with van der Waals surface area (Å²) >= 11 is 0. The predicted molar refractivity (Wildman–Crippen MR) is 120 cm³/mol. The van der Waals surface area contributed by atoms with Crippen LogP contribution in [-0.2, 0) is 14.4 Å². The van der Waals surface area contributed by atoms with E-state index in [0.29, 0.717) is 17.9 Å². The van der Waals surface area contributed by atoms with Gasteiger partial charge in [0.1, 0.15) is 5.75 Å². The highest BCUT2D eigenvalue weighted by atomic mass is 16.5. The van der Waals surface area contributed by atoms with E-state index in [1.165, 1.54) is 6.21 Å². The van der Waals surface area contributed by atoms with Gasteiger partial charge in [0.05, 0.1) is 6.21 Å². The predicted octanol–water partition coefficient (Wildman–Crippen LogP) is 2.61. The molecule has 0 fully saturated rings. The fourth-order valence-corrected chi connectivity index (χ4v) is 2.89. The Labute approximate surface area is 182 Å². The first-order chi connectivity index (χ1) is 14.8. The molecule has 0 aliphatic heterocycles. The SMILES string of the molecule is CCCNC(=O)C(=O)N/N=C\c1ccc(OCC(=O)Nc2c(C)cc(C)cc2C)cc1. The number of ether oxygens (including phenoxy) is 1. The third kappa shape index (κ3) is 7.58. The van der Waals surface area contributed by atoms with Gasteiger partial charge in [0.25, 0.3) is 5.91 Å². The quantitative estimate of drug-likeness (QED) is 0.344. The molecule has 0 heterocycles. The number of nitrogens with zero attached hydrogens (tertiary/aromatic N) is 1. The molecule has 0 aliphatic carbocycles. The van der Waals surface area contributed by atoms with E-state index in [9.17, 15) is 14.4 Å². The number of hydrazone groups is 1. The lowest BCUT2D eigenvalue weighted by Gasteiger charge is -2.13. The third-order valence-electron chi connectivity index (χ3n) is 4.31. The molecular weight excluding hydrogens is 396 g/mol. The number of aryl methyl sites for hydroxylation is 3. The summed E-state index contributed by atoms with van der Waals surface area (Å²) < 4.78 is 5.53. The van der Waals surface area contributed by atoms with Crippen LogP contribution in [0.3, 0.4) is 0 Å². The summed E-state index contributed by atoms with van der Waals surface area (Å²) in [5.74, 6) is -1.27. The Morgan fingerprint density at radius 3 is 2.26 bits per heavy atom. The van der Waals surface area contributed by atoms with Crippen molar-refractivity contribution in [3.63, 3.8) is 0 Å². The Morgan fingerprint density at radius 2 is 1.65 bits per heavy atom. The van der Waals surface area contributed by atoms with Crippen LogP contribution in [0.15, 0.2) is 41.5 Å². The van der Waals surface area contributed by atoms with E-state index >= 15 is 0 Å². The van der Waals surface area contributed by atoms with Crippen molar-refractivity contribution >= 4 is 29.6 Å². The van der Waals surface area contributed by atoms with E-state index in [-0.39, 0.29) is 12.5 Å². The van der Waals surface area contributed by atoms with E-state index in [0.717, 1.165) is 28.8 Å². The highest BCUT2D eigenvalue weighted by Crippen LogP contribution is 2.22. The second-order valence-electron chi connectivity index (χ2n) is 7.13. The highest BCUT2D eigenvalue weighted by Gasteiger charge is 2.11. The zero-order chi connectivity index (χ0) is 22.8. The molecule has 0 aromatic heterocycles. The van der Waals surface area contributed by atoms with Gasteiger partial charge in [0.2, 0.25) is 0 Å². The van der Waals surface area contributed by atoms with Crippen LogP contribution >= 0.6 is 0 Å². The average molecular weight is 425 g/mol. The number of hydrogen-bond donors (Lipinski definition) is 3. The van der Waals surface area contributed by atoms with Gasteiger partial charge in [-0.1, -0.05) is 24.6 Å². The Hall–Kier alpha value is -3.68. The van der Waals surface area contributed by atoms with Crippen LogP contribution in [0.25, 0.3) is 0 Å². The van der Waals surface area contributed by atoms with Crippen molar-refractivity contribution in [1.29, 1.82) is 0 Å². The summed E-state index contributed by atoms with van der Waals surface area (Å²) in [6.45, 7) is 8.12. The zero-order valence-corrected chi connectivity index (χ0v) is 18.2. The lowest BCUT2D eigenvalue weighted by Crippen LogP contribution is -2.38. The van der Waals surface area contributed by atoms with Gasteiger partial charge in [-0.2, -0.15) is 5.10 Å². The number of rotatable bonds is 8. The second-order valence-corrected chi connectivity index (χ2v) is 7.13. The standard InChI is InChI=1S/C23H28N4O4/c1-5-10-24-22(29)23(30)27-25-13-18-6-8-19(9-7-18)31-14-20(28)26-21-16(3)11-15(2)12-17(21)4/h6-9,11-13H,5,10,14H2,1-4H3,(H,24,29)(H,26,28)(H,27,30)/b25-13-. The molecule has 0 bridgehead atoms. The van der Waals surface area contributed by atoms with Gasteiger partial charge >= 0.3 is 11.8 Å². The van der Waals surface area contributed by atoms with Gasteiger partial charge in [0, 0.05) is 12.2 Å². The van der Waals surface area contributed by atoms with Gasteiger partial charge in [-0.3, -0.25) is 14.4 Å². The minimum absolute atomic E-state index is 0.122. The van der Waals surface area contributed by atoms with Crippen LogP contribution in [0.5, 0.6) is 5.75 Å². The molecule has 0 spiro atoms. The minimum Gasteiger partial charge on any atom is -0.484 e. The maximum absolute atomic E-state index is 12.2. The molecule has 2 rings (SSSR count). The Balaban J connectivity index is 1.82. The summed E-state index contributed by atoms with van der Waals surface area (Å²) in [5, 5.41) is 9.10.